The van der Waals surface area contributed by atoms with Gasteiger partial charge in [0, 0.05) is 16.5 Å². The summed E-state index contributed by atoms with van der Waals surface area (Å²) in [6.07, 6.45) is 0. The van der Waals surface area contributed by atoms with E-state index in [2.05, 4.69) is 15.9 Å². The summed E-state index contributed by atoms with van der Waals surface area (Å²) in [6, 6.07) is 7.33. The predicted octanol–water partition coefficient (Wildman–Crippen LogP) is 3.09. The molecule has 16 heavy (non-hydrogen) atoms. The molecule has 0 saturated carbocycles. The first-order valence-electron chi connectivity index (χ1n) is 5.00. The first-order chi connectivity index (χ1) is 7.70. The maximum atomic E-state index is 11.6. The molecule has 0 radical (unpaired) electrons. The Morgan fingerprint density at radius 3 is 2.94 bits per heavy atom. The largest absolute Gasteiger partial charge is 0.422 e. The summed E-state index contributed by atoms with van der Waals surface area (Å²) < 4.78 is 11.4. The molecule has 1 aromatic carbocycles. The molecular formula is C12H11BrO3. The van der Waals surface area contributed by atoms with Crippen molar-refractivity contribution in [3.05, 3.63) is 44.7 Å². The number of ether oxygens (including phenoxy) is 1. The lowest BCUT2D eigenvalue weighted by Crippen LogP contribution is -2.08. The van der Waals surface area contributed by atoms with Crippen molar-refractivity contribution in [2.45, 2.75) is 13.5 Å². The van der Waals surface area contributed by atoms with Gasteiger partial charge in [-0.25, -0.2) is 4.79 Å². The van der Waals surface area contributed by atoms with Crippen LogP contribution >= 0.6 is 15.9 Å². The zero-order valence-corrected chi connectivity index (χ0v) is 10.4. The van der Waals surface area contributed by atoms with Crippen LogP contribution < -0.4 is 5.63 Å². The van der Waals surface area contributed by atoms with Crippen LogP contribution in [0.2, 0.25) is 0 Å². The zero-order chi connectivity index (χ0) is 11.5. The van der Waals surface area contributed by atoms with E-state index < -0.39 is 0 Å². The van der Waals surface area contributed by atoms with Gasteiger partial charge in [-0.15, -0.1) is 0 Å². The maximum absolute atomic E-state index is 11.6. The number of benzene rings is 1. The molecule has 4 heteroatoms. The number of hydrogen-bond acceptors (Lipinski definition) is 3. The summed E-state index contributed by atoms with van der Waals surface area (Å²) in [4.78, 5) is 11.6. The van der Waals surface area contributed by atoms with E-state index in [4.69, 9.17) is 9.15 Å². The highest BCUT2D eigenvalue weighted by atomic mass is 79.9. The molecule has 1 aromatic heterocycles. The zero-order valence-electron chi connectivity index (χ0n) is 8.83. The highest BCUT2D eigenvalue weighted by Crippen LogP contribution is 2.19. The van der Waals surface area contributed by atoms with Crippen molar-refractivity contribution >= 4 is 26.9 Å². The number of fused-ring (bicyclic) bond motifs is 1. The fourth-order valence-electron chi connectivity index (χ4n) is 1.45. The Balaban J connectivity index is 2.51. The summed E-state index contributed by atoms with van der Waals surface area (Å²) in [6.45, 7) is 2.76. The molecule has 3 nitrogen and oxygen atoms in total. The van der Waals surface area contributed by atoms with Gasteiger partial charge in [0.2, 0.25) is 0 Å². The SMILES string of the molecule is CCOCc1cc2cc(Br)ccc2oc1=O. The number of halogens is 1. The van der Waals surface area contributed by atoms with Crippen LogP contribution in [0, 0.1) is 0 Å². The van der Waals surface area contributed by atoms with E-state index in [9.17, 15) is 4.79 Å². The van der Waals surface area contributed by atoms with Gasteiger partial charge in [0.05, 0.1) is 12.2 Å². The van der Waals surface area contributed by atoms with E-state index in [0.717, 1.165) is 9.86 Å². The molecule has 1 heterocycles. The van der Waals surface area contributed by atoms with Crippen LogP contribution in [0.4, 0.5) is 0 Å². The molecule has 2 aromatic rings. The molecule has 0 unspecified atom stereocenters. The van der Waals surface area contributed by atoms with Crippen LogP contribution in [0.5, 0.6) is 0 Å². The molecule has 0 spiro atoms. The lowest BCUT2D eigenvalue weighted by Gasteiger charge is -2.02. The van der Waals surface area contributed by atoms with Crippen molar-refractivity contribution < 1.29 is 9.15 Å². The molecule has 0 fully saturated rings. The van der Waals surface area contributed by atoms with Crippen LogP contribution in [0.1, 0.15) is 12.5 Å². The van der Waals surface area contributed by atoms with Gasteiger partial charge >= 0.3 is 5.63 Å². The number of hydrogen-bond donors (Lipinski definition) is 0. The standard InChI is InChI=1S/C12H11BrO3/c1-2-15-7-9-5-8-6-10(13)3-4-11(8)16-12(9)14/h3-6H,2,7H2,1H3. The van der Waals surface area contributed by atoms with Gasteiger partial charge in [0.1, 0.15) is 5.58 Å². The van der Waals surface area contributed by atoms with E-state index >= 15 is 0 Å². The average Bonchev–Trinajstić information content (AvgIpc) is 2.27. The highest BCUT2D eigenvalue weighted by molar-refractivity contribution is 9.10. The van der Waals surface area contributed by atoms with Gasteiger partial charge in [-0.3, -0.25) is 0 Å². The molecule has 0 aliphatic rings. The van der Waals surface area contributed by atoms with Crippen molar-refractivity contribution in [1.29, 1.82) is 0 Å². The highest BCUT2D eigenvalue weighted by Gasteiger charge is 2.05. The number of rotatable bonds is 3. The van der Waals surface area contributed by atoms with Crippen molar-refractivity contribution in [3.8, 4) is 0 Å². The molecular weight excluding hydrogens is 272 g/mol. The summed E-state index contributed by atoms with van der Waals surface area (Å²) in [5.41, 5.74) is 0.809. The minimum absolute atomic E-state index is 0.293. The summed E-state index contributed by atoms with van der Waals surface area (Å²) >= 11 is 3.38. The van der Waals surface area contributed by atoms with E-state index in [1.807, 2.05) is 25.1 Å². The average molecular weight is 283 g/mol. The van der Waals surface area contributed by atoms with Gasteiger partial charge in [0.25, 0.3) is 0 Å². The molecule has 0 bridgehead atoms. The first kappa shape index (κ1) is 11.4. The maximum Gasteiger partial charge on any atom is 0.341 e. The second-order valence-electron chi connectivity index (χ2n) is 3.38. The Morgan fingerprint density at radius 2 is 2.19 bits per heavy atom. The van der Waals surface area contributed by atoms with E-state index in [0.29, 0.717) is 24.4 Å². The molecule has 0 aliphatic carbocycles. The van der Waals surface area contributed by atoms with Crippen molar-refractivity contribution in [1.82, 2.24) is 0 Å². The molecule has 0 amide bonds. The molecule has 0 N–H and O–H groups in total. The topological polar surface area (TPSA) is 39.4 Å². The first-order valence-corrected chi connectivity index (χ1v) is 5.80. The monoisotopic (exact) mass is 282 g/mol. The van der Waals surface area contributed by atoms with Crippen LogP contribution in [-0.4, -0.2) is 6.61 Å². The molecule has 0 aliphatic heterocycles. The summed E-state index contributed by atoms with van der Waals surface area (Å²) in [7, 11) is 0. The minimum Gasteiger partial charge on any atom is -0.422 e. The second-order valence-corrected chi connectivity index (χ2v) is 4.29. The Bertz CT molecular complexity index is 560. The van der Waals surface area contributed by atoms with Crippen molar-refractivity contribution in [2.24, 2.45) is 0 Å². The van der Waals surface area contributed by atoms with Crippen molar-refractivity contribution in [2.75, 3.05) is 6.61 Å². The van der Waals surface area contributed by atoms with Gasteiger partial charge in [0.15, 0.2) is 0 Å². The lowest BCUT2D eigenvalue weighted by molar-refractivity contribution is 0.132. The van der Waals surface area contributed by atoms with Gasteiger partial charge in [-0.2, -0.15) is 0 Å². The molecule has 2 rings (SSSR count). The van der Waals surface area contributed by atoms with Crippen LogP contribution in [0.25, 0.3) is 11.0 Å². The normalized spacial score (nSPS) is 10.9. The van der Waals surface area contributed by atoms with Gasteiger partial charge in [-0.05, 0) is 31.2 Å². The fourth-order valence-corrected chi connectivity index (χ4v) is 1.83. The third-order valence-corrected chi connectivity index (χ3v) is 2.72. The van der Waals surface area contributed by atoms with Gasteiger partial charge in [-0.1, -0.05) is 15.9 Å². The molecule has 0 saturated heterocycles. The Labute approximate surface area is 101 Å². The third kappa shape index (κ3) is 2.33. The van der Waals surface area contributed by atoms with Crippen LogP contribution in [0.15, 0.2) is 37.9 Å². The summed E-state index contributed by atoms with van der Waals surface area (Å²) in [5, 5.41) is 0.892. The van der Waals surface area contributed by atoms with E-state index in [1.165, 1.54) is 0 Å². The third-order valence-electron chi connectivity index (χ3n) is 2.23. The Morgan fingerprint density at radius 1 is 1.38 bits per heavy atom. The van der Waals surface area contributed by atoms with Crippen LogP contribution in [0.3, 0.4) is 0 Å². The van der Waals surface area contributed by atoms with E-state index in [-0.39, 0.29) is 5.63 Å². The van der Waals surface area contributed by atoms with Crippen LogP contribution in [-0.2, 0) is 11.3 Å². The second kappa shape index (κ2) is 4.80. The quantitative estimate of drug-likeness (QED) is 0.812. The Kier molecular flexibility index (Phi) is 3.41. The van der Waals surface area contributed by atoms with Crippen molar-refractivity contribution in [3.63, 3.8) is 0 Å². The lowest BCUT2D eigenvalue weighted by atomic mass is 10.2. The van der Waals surface area contributed by atoms with E-state index in [1.54, 1.807) is 6.07 Å². The summed E-state index contributed by atoms with van der Waals surface area (Å²) in [5.74, 6) is 0. The van der Waals surface area contributed by atoms with Gasteiger partial charge < -0.3 is 9.15 Å². The smallest absolute Gasteiger partial charge is 0.341 e. The molecule has 84 valence electrons. The predicted molar refractivity (Wildman–Crippen MR) is 65.5 cm³/mol. The minimum atomic E-state index is -0.330. The molecule has 0 atom stereocenters. The Hall–Kier alpha value is -1.13. The fraction of sp³-hybridized carbons (Fsp3) is 0.250.